The molecule has 1 heterocycles. The first kappa shape index (κ1) is 28.0. The molecular formula is C28H34Cl2N2O4. The molecule has 0 bridgehead atoms. The second-order valence-electron chi connectivity index (χ2n) is 10.0. The molecule has 2 aromatic rings. The van der Waals surface area contributed by atoms with Gasteiger partial charge >= 0.3 is 6.09 Å². The number of halogens is 2. The quantitative estimate of drug-likeness (QED) is 0.380. The van der Waals surface area contributed by atoms with Crippen LogP contribution in [0.5, 0.6) is 0 Å². The van der Waals surface area contributed by atoms with Gasteiger partial charge in [0.15, 0.2) is 0 Å². The van der Waals surface area contributed by atoms with Crippen molar-refractivity contribution in [3.63, 3.8) is 0 Å². The van der Waals surface area contributed by atoms with E-state index in [0.717, 1.165) is 24.0 Å². The Hall–Kier alpha value is -2.57. The molecule has 1 aliphatic rings. The Balaban J connectivity index is 2.15. The Labute approximate surface area is 223 Å². The number of rotatable bonds is 8. The van der Waals surface area contributed by atoms with Crippen molar-refractivity contribution in [1.82, 2.24) is 10.2 Å². The minimum atomic E-state index is -1.40. The van der Waals surface area contributed by atoms with Gasteiger partial charge in [-0.05, 0) is 61.1 Å². The van der Waals surface area contributed by atoms with Crippen molar-refractivity contribution < 1.29 is 19.5 Å². The molecule has 1 saturated heterocycles. The van der Waals surface area contributed by atoms with Gasteiger partial charge < -0.3 is 10.0 Å². The summed E-state index contributed by atoms with van der Waals surface area (Å²) in [6.07, 6.45) is 0.872. The fourth-order valence-electron chi connectivity index (χ4n) is 5.65. The number of hydrogen-bond donors (Lipinski definition) is 2. The number of carboxylic acid groups (broad SMARTS) is 1. The van der Waals surface area contributed by atoms with E-state index in [1.165, 1.54) is 0 Å². The molecule has 1 aliphatic heterocycles. The Morgan fingerprint density at radius 3 is 2.28 bits per heavy atom. The lowest BCUT2D eigenvalue weighted by atomic mass is 9.65. The molecule has 2 aromatic carbocycles. The summed E-state index contributed by atoms with van der Waals surface area (Å²) in [5, 5.41) is 12.2. The molecule has 6 nitrogen and oxygen atoms in total. The van der Waals surface area contributed by atoms with Crippen molar-refractivity contribution in [2.45, 2.75) is 71.4 Å². The van der Waals surface area contributed by atoms with Crippen LogP contribution >= 0.6 is 23.2 Å². The second kappa shape index (κ2) is 11.7. The fraction of sp³-hybridized carbons (Fsp3) is 0.464. The number of piperidine rings is 1. The van der Waals surface area contributed by atoms with Crippen molar-refractivity contribution in [2.24, 2.45) is 11.3 Å². The third kappa shape index (κ3) is 6.04. The van der Waals surface area contributed by atoms with Crippen molar-refractivity contribution in [3.8, 4) is 0 Å². The molecular weight excluding hydrogens is 499 g/mol. The maximum Gasteiger partial charge on any atom is 0.411 e. The van der Waals surface area contributed by atoms with E-state index < -0.39 is 23.3 Å². The SMILES string of the molecule is CCC(CC)N1C(=O)[C@@](C)(CC(C)C(=O)NC(=O)O)C[C@H](c2cccc(Cl)c2)[C@H]1c1ccc(Cl)cc1. The van der Waals surface area contributed by atoms with Crippen LogP contribution in [0.4, 0.5) is 4.79 Å². The zero-order chi connectivity index (χ0) is 26.6. The zero-order valence-electron chi connectivity index (χ0n) is 21.1. The summed E-state index contributed by atoms with van der Waals surface area (Å²) >= 11 is 12.6. The van der Waals surface area contributed by atoms with Crippen LogP contribution in [0.3, 0.4) is 0 Å². The van der Waals surface area contributed by atoms with Crippen LogP contribution in [0, 0.1) is 11.3 Å². The average molecular weight is 533 g/mol. The lowest BCUT2D eigenvalue weighted by Gasteiger charge is -2.52. The molecule has 36 heavy (non-hydrogen) atoms. The Bertz CT molecular complexity index is 1100. The van der Waals surface area contributed by atoms with Gasteiger partial charge in [0, 0.05) is 33.3 Å². The molecule has 4 atom stereocenters. The molecule has 3 amide bonds. The highest BCUT2D eigenvalue weighted by Gasteiger charge is 2.51. The monoisotopic (exact) mass is 532 g/mol. The molecule has 0 spiro atoms. The van der Waals surface area contributed by atoms with Gasteiger partial charge in [0.25, 0.3) is 0 Å². The number of imide groups is 1. The Morgan fingerprint density at radius 1 is 1.08 bits per heavy atom. The van der Waals surface area contributed by atoms with Gasteiger partial charge in [0.2, 0.25) is 11.8 Å². The highest BCUT2D eigenvalue weighted by molar-refractivity contribution is 6.30. The number of nitrogens with one attached hydrogen (secondary N) is 1. The van der Waals surface area contributed by atoms with Crippen LogP contribution in [-0.4, -0.2) is 34.0 Å². The molecule has 8 heteroatoms. The van der Waals surface area contributed by atoms with E-state index in [2.05, 4.69) is 13.8 Å². The standard InChI is InChI=1S/C28H34Cl2N2O4/c1-5-22(6-2)32-24(18-10-12-20(29)13-11-18)23(19-8-7-9-21(30)14-19)16-28(4,26(32)34)15-17(3)25(33)31-27(35)36/h7-14,17,22-24H,5-6,15-16H2,1-4H3,(H,31,33)(H,35,36)/t17?,23-,24-,28+/m1/s1. The van der Waals surface area contributed by atoms with E-state index in [-0.39, 0.29) is 30.3 Å². The Morgan fingerprint density at radius 2 is 1.72 bits per heavy atom. The third-order valence-electron chi connectivity index (χ3n) is 7.36. The predicted molar refractivity (Wildman–Crippen MR) is 142 cm³/mol. The lowest BCUT2D eigenvalue weighted by molar-refractivity contribution is -0.156. The number of benzene rings is 2. The summed E-state index contributed by atoms with van der Waals surface area (Å²) in [4.78, 5) is 39.8. The largest absolute Gasteiger partial charge is 0.465 e. The minimum Gasteiger partial charge on any atom is -0.465 e. The first-order chi connectivity index (χ1) is 17.0. The molecule has 0 aromatic heterocycles. The van der Waals surface area contributed by atoms with E-state index >= 15 is 0 Å². The number of amides is 3. The lowest BCUT2D eigenvalue weighted by Crippen LogP contribution is -2.56. The predicted octanol–water partition coefficient (Wildman–Crippen LogP) is 7.07. The summed E-state index contributed by atoms with van der Waals surface area (Å²) in [5.41, 5.74) is 1.12. The van der Waals surface area contributed by atoms with Crippen molar-refractivity contribution >= 4 is 41.1 Å². The van der Waals surface area contributed by atoms with E-state index in [9.17, 15) is 14.4 Å². The molecule has 0 saturated carbocycles. The van der Waals surface area contributed by atoms with Crippen LogP contribution in [0.15, 0.2) is 48.5 Å². The number of hydrogen-bond acceptors (Lipinski definition) is 3. The Kier molecular flexibility index (Phi) is 9.07. The molecule has 1 unspecified atom stereocenters. The van der Waals surface area contributed by atoms with Crippen molar-refractivity contribution in [2.75, 3.05) is 0 Å². The zero-order valence-corrected chi connectivity index (χ0v) is 22.6. The van der Waals surface area contributed by atoms with E-state index in [1.807, 2.05) is 65.7 Å². The maximum atomic E-state index is 14.3. The highest BCUT2D eigenvalue weighted by atomic mass is 35.5. The van der Waals surface area contributed by atoms with Gasteiger partial charge in [-0.1, -0.05) is 75.2 Å². The highest BCUT2D eigenvalue weighted by Crippen LogP contribution is 2.53. The number of nitrogens with zero attached hydrogens (tertiary/aromatic N) is 1. The van der Waals surface area contributed by atoms with Gasteiger partial charge in [-0.2, -0.15) is 0 Å². The summed E-state index contributed by atoms with van der Waals surface area (Å²) in [7, 11) is 0. The number of carbonyl (C=O) groups is 3. The summed E-state index contributed by atoms with van der Waals surface area (Å²) < 4.78 is 0. The van der Waals surface area contributed by atoms with Gasteiger partial charge in [-0.15, -0.1) is 0 Å². The van der Waals surface area contributed by atoms with E-state index in [0.29, 0.717) is 16.5 Å². The van der Waals surface area contributed by atoms with Gasteiger partial charge in [0.05, 0.1) is 6.04 Å². The molecule has 0 aliphatic carbocycles. The molecule has 194 valence electrons. The van der Waals surface area contributed by atoms with Gasteiger partial charge in [-0.3, -0.25) is 14.9 Å². The molecule has 1 fully saturated rings. The summed E-state index contributed by atoms with van der Waals surface area (Å²) in [6.45, 7) is 7.70. The van der Waals surface area contributed by atoms with Crippen LogP contribution < -0.4 is 5.32 Å². The first-order valence-electron chi connectivity index (χ1n) is 12.4. The van der Waals surface area contributed by atoms with Crippen LogP contribution in [0.25, 0.3) is 0 Å². The fourth-order valence-corrected chi connectivity index (χ4v) is 5.97. The van der Waals surface area contributed by atoms with Gasteiger partial charge in [-0.25, -0.2) is 4.79 Å². The number of carbonyl (C=O) groups excluding carboxylic acids is 2. The minimum absolute atomic E-state index is 0.0114. The van der Waals surface area contributed by atoms with Crippen LogP contribution in [-0.2, 0) is 9.59 Å². The van der Waals surface area contributed by atoms with E-state index in [1.54, 1.807) is 6.92 Å². The molecule has 3 rings (SSSR count). The second-order valence-corrected chi connectivity index (χ2v) is 10.9. The first-order valence-corrected chi connectivity index (χ1v) is 13.1. The van der Waals surface area contributed by atoms with Crippen LogP contribution in [0.2, 0.25) is 10.0 Å². The van der Waals surface area contributed by atoms with Gasteiger partial charge in [0.1, 0.15) is 0 Å². The molecule has 2 N–H and O–H groups in total. The smallest absolute Gasteiger partial charge is 0.411 e. The summed E-state index contributed by atoms with van der Waals surface area (Å²) in [6, 6.07) is 15.1. The maximum absolute atomic E-state index is 14.3. The average Bonchev–Trinajstić information content (AvgIpc) is 2.82. The molecule has 0 radical (unpaired) electrons. The number of likely N-dealkylation sites (tertiary alicyclic amines) is 1. The topological polar surface area (TPSA) is 86.7 Å². The van der Waals surface area contributed by atoms with Crippen molar-refractivity contribution in [1.29, 1.82) is 0 Å². The van der Waals surface area contributed by atoms with Crippen LogP contribution in [0.1, 0.15) is 76.5 Å². The van der Waals surface area contributed by atoms with E-state index in [4.69, 9.17) is 28.3 Å². The normalized spacial score (nSPS) is 23.0. The van der Waals surface area contributed by atoms with Crippen molar-refractivity contribution in [3.05, 3.63) is 69.7 Å². The third-order valence-corrected chi connectivity index (χ3v) is 7.85. The summed E-state index contributed by atoms with van der Waals surface area (Å²) in [5.74, 6) is -1.39.